The summed E-state index contributed by atoms with van der Waals surface area (Å²) < 4.78 is 31.1. The summed E-state index contributed by atoms with van der Waals surface area (Å²) in [5.74, 6) is -2.56. The molecule has 0 atom stereocenters. The predicted octanol–water partition coefficient (Wildman–Crippen LogP) is 1.26. The molecule has 3 rings (SSSR count). The van der Waals surface area contributed by atoms with E-state index in [1.807, 2.05) is 5.38 Å². The monoisotopic (exact) mass is 342 g/mol. The van der Waals surface area contributed by atoms with Crippen molar-refractivity contribution in [2.24, 2.45) is 4.99 Å². The van der Waals surface area contributed by atoms with Gasteiger partial charge >= 0.3 is 5.97 Å². The lowest BCUT2D eigenvalue weighted by atomic mass is 10.1. The van der Waals surface area contributed by atoms with Crippen molar-refractivity contribution in [3.8, 4) is 0 Å². The topological polar surface area (TPSA) is 66.8 Å². The van der Waals surface area contributed by atoms with Crippen molar-refractivity contribution < 1.29 is 18.3 Å². The summed E-state index contributed by atoms with van der Waals surface area (Å²) in [6.45, 7) is 1.74. The molecule has 124 valence electrons. The molecule has 6 nitrogen and oxygen atoms in total. The van der Waals surface area contributed by atoms with Crippen LogP contribution in [0.3, 0.4) is 0 Å². The number of aromatic nitrogens is 1. The van der Waals surface area contributed by atoms with Gasteiger partial charge in [-0.05, 0) is 6.92 Å². The Morgan fingerprint density at radius 2 is 2.30 bits per heavy atom. The van der Waals surface area contributed by atoms with Gasteiger partial charge in [0.15, 0.2) is 10.8 Å². The minimum Gasteiger partial charge on any atom is -0.463 e. The maximum Gasteiger partial charge on any atom is 0.337 e. The molecule has 0 saturated carbocycles. The van der Waals surface area contributed by atoms with Crippen molar-refractivity contribution in [2.45, 2.75) is 12.8 Å². The molecular formula is C14H16F2N4O2S. The largest absolute Gasteiger partial charge is 0.463 e. The zero-order valence-electron chi connectivity index (χ0n) is 12.5. The highest BCUT2D eigenvalue weighted by Gasteiger charge is 2.44. The smallest absolute Gasteiger partial charge is 0.337 e. The van der Waals surface area contributed by atoms with Crippen molar-refractivity contribution in [1.82, 2.24) is 15.2 Å². The van der Waals surface area contributed by atoms with Gasteiger partial charge < -0.3 is 10.1 Å². The minimum atomic E-state index is -2.65. The Morgan fingerprint density at radius 1 is 1.52 bits per heavy atom. The summed E-state index contributed by atoms with van der Waals surface area (Å²) in [4.78, 5) is 22.1. The number of aliphatic imine (C=N–C) groups is 1. The molecule has 1 aromatic rings. The summed E-state index contributed by atoms with van der Waals surface area (Å²) in [5, 5.41) is 5.57. The van der Waals surface area contributed by atoms with Crippen molar-refractivity contribution in [3.05, 3.63) is 27.9 Å². The molecule has 2 aliphatic rings. The van der Waals surface area contributed by atoms with Crippen LogP contribution in [-0.2, 0) is 9.53 Å². The summed E-state index contributed by atoms with van der Waals surface area (Å²) in [5.41, 5.74) is 0.932. The van der Waals surface area contributed by atoms with Crippen LogP contribution in [0.2, 0.25) is 0 Å². The number of rotatable bonds is 5. The summed E-state index contributed by atoms with van der Waals surface area (Å²) in [7, 11) is 0. The zero-order chi connectivity index (χ0) is 16.4. The number of hydrogen-bond acceptors (Lipinski definition) is 7. The number of carbonyl (C=O) groups excluding carboxylic acids is 1. The second-order valence-electron chi connectivity index (χ2n) is 5.31. The van der Waals surface area contributed by atoms with Crippen molar-refractivity contribution >= 4 is 23.1 Å². The highest BCUT2D eigenvalue weighted by Crippen LogP contribution is 2.28. The third-order valence-electron chi connectivity index (χ3n) is 3.48. The van der Waals surface area contributed by atoms with Crippen molar-refractivity contribution in [2.75, 3.05) is 32.8 Å². The second kappa shape index (κ2) is 6.32. The second-order valence-corrected chi connectivity index (χ2v) is 6.20. The number of halogens is 2. The standard InChI is InChI=1S/C14H16F2N4O2S/c1-2-22-13(21)9-5-18-11(12-17-3-4-23-12)19-10(9)6-20-7-14(15,16)8-20/h3-4H,2,5-8H2,1H3,(H,18,19). The van der Waals surface area contributed by atoms with Gasteiger partial charge in [0.1, 0.15) is 0 Å². The fourth-order valence-electron chi connectivity index (χ4n) is 2.46. The first-order valence-electron chi connectivity index (χ1n) is 7.19. The average Bonchev–Trinajstić information content (AvgIpc) is 2.99. The maximum atomic E-state index is 13.0. The normalized spacial score (nSPS) is 20.6. The van der Waals surface area contributed by atoms with E-state index in [0.29, 0.717) is 22.1 Å². The number of carbonyl (C=O) groups is 1. The molecule has 0 amide bonds. The van der Waals surface area contributed by atoms with Gasteiger partial charge in [-0.3, -0.25) is 9.89 Å². The Labute approximate surface area is 135 Å². The molecule has 0 aromatic carbocycles. The molecule has 0 aliphatic carbocycles. The molecule has 0 radical (unpaired) electrons. The number of ether oxygens (including phenoxy) is 1. The van der Waals surface area contributed by atoms with Crippen molar-refractivity contribution in [1.29, 1.82) is 0 Å². The fraction of sp³-hybridized carbons (Fsp3) is 0.500. The number of esters is 1. The number of thiazole rings is 1. The predicted molar refractivity (Wildman–Crippen MR) is 81.7 cm³/mol. The molecule has 0 spiro atoms. The number of nitrogens with one attached hydrogen (secondary N) is 1. The molecule has 1 N–H and O–H groups in total. The Balaban J connectivity index is 1.76. The van der Waals surface area contributed by atoms with E-state index in [4.69, 9.17) is 4.74 Å². The molecule has 1 fully saturated rings. The molecule has 2 aliphatic heterocycles. The van der Waals surface area contributed by atoms with Crippen LogP contribution in [0.4, 0.5) is 8.78 Å². The van der Waals surface area contributed by atoms with E-state index in [1.54, 1.807) is 18.0 Å². The van der Waals surface area contributed by atoms with Gasteiger partial charge in [0, 0.05) is 23.8 Å². The molecular weight excluding hydrogens is 326 g/mol. The van der Waals surface area contributed by atoms with Crippen LogP contribution in [0.15, 0.2) is 27.8 Å². The fourth-order valence-corrected chi connectivity index (χ4v) is 3.06. The minimum absolute atomic E-state index is 0.153. The maximum absolute atomic E-state index is 13.0. The van der Waals surface area contributed by atoms with Gasteiger partial charge in [-0.15, -0.1) is 11.3 Å². The van der Waals surface area contributed by atoms with Crippen molar-refractivity contribution in [3.63, 3.8) is 0 Å². The Kier molecular flexibility index (Phi) is 4.40. The van der Waals surface area contributed by atoms with Gasteiger partial charge in [-0.25, -0.2) is 18.6 Å². The SMILES string of the molecule is CCOC(=O)C1=C(CN2CC(F)(F)C2)NC(c2nccs2)=NC1. The number of nitrogens with zero attached hydrogens (tertiary/aromatic N) is 3. The lowest BCUT2D eigenvalue weighted by Gasteiger charge is -2.39. The zero-order valence-corrected chi connectivity index (χ0v) is 13.3. The van der Waals surface area contributed by atoms with Gasteiger partial charge in [0.2, 0.25) is 0 Å². The Bertz CT molecular complexity index is 650. The highest BCUT2D eigenvalue weighted by molar-refractivity contribution is 7.11. The van der Waals surface area contributed by atoms with E-state index in [9.17, 15) is 13.6 Å². The third-order valence-corrected chi connectivity index (χ3v) is 4.26. The van der Waals surface area contributed by atoms with Gasteiger partial charge in [0.25, 0.3) is 5.92 Å². The van der Waals surface area contributed by atoms with Crippen LogP contribution < -0.4 is 5.32 Å². The van der Waals surface area contributed by atoms with Gasteiger partial charge in [-0.1, -0.05) is 0 Å². The number of alkyl halides is 2. The number of amidine groups is 1. The lowest BCUT2D eigenvalue weighted by molar-refractivity contribution is -0.138. The molecule has 0 bridgehead atoms. The van der Waals surface area contributed by atoms with Crippen LogP contribution in [0, 0.1) is 0 Å². The van der Waals surface area contributed by atoms with Crippen LogP contribution in [0.1, 0.15) is 11.9 Å². The Hall–Kier alpha value is -1.87. The first-order valence-corrected chi connectivity index (χ1v) is 8.07. The van der Waals surface area contributed by atoms with Crippen LogP contribution >= 0.6 is 11.3 Å². The molecule has 3 heterocycles. The van der Waals surface area contributed by atoms with E-state index < -0.39 is 11.9 Å². The van der Waals surface area contributed by atoms with Crippen LogP contribution in [0.5, 0.6) is 0 Å². The van der Waals surface area contributed by atoms with E-state index in [2.05, 4.69) is 15.3 Å². The highest BCUT2D eigenvalue weighted by atomic mass is 32.1. The van der Waals surface area contributed by atoms with Gasteiger partial charge in [-0.2, -0.15) is 0 Å². The van der Waals surface area contributed by atoms with E-state index in [1.165, 1.54) is 11.3 Å². The first-order chi connectivity index (χ1) is 11.0. The van der Waals surface area contributed by atoms with E-state index >= 15 is 0 Å². The Morgan fingerprint density at radius 3 is 2.91 bits per heavy atom. The van der Waals surface area contributed by atoms with E-state index in [-0.39, 0.29) is 32.8 Å². The third kappa shape index (κ3) is 3.56. The molecule has 9 heteroatoms. The first kappa shape index (κ1) is 16.0. The molecule has 0 unspecified atom stereocenters. The van der Waals surface area contributed by atoms with Gasteiger partial charge in [0.05, 0.1) is 31.8 Å². The number of hydrogen-bond donors (Lipinski definition) is 1. The van der Waals surface area contributed by atoms with E-state index in [0.717, 1.165) is 0 Å². The summed E-state index contributed by atoms with van der Waals surface area (Å²) in [6, 6.07) is 0. The molecule has 1 saturated heterocycles. The average molecular weight is 342 g/mol. The molecule has 1 aromatic heterocycles. The summed E-state index contributed by atoms with van der Waals surface area (Å²) in [6.07, 6.45) is 1.66. The quantitative estimate of drug-likeness (QED) is 0.816. The van der Waals surface area contributed by atoms with Crippen LogP contribution in [-0.4, -0.2) is 60.4 Å². The number of likely N-dealkylation sites (tertiary alicyclic amines) is 1. The molecule has 23 heavy (non-hydrogen) atoms. The summed E-state index contributed by atoms with van der Waals surface area (Å²) >= 11 is 1.41. The lowest BCUT2D eigenvalue weighted by Crippen LogP contribution is -2.57. The van der Waals surface area contributed by atoms with Crippen LogP contribution in [0.25, 0.3) is 0 Å².